The quantitative estimate of drug-likeness (QED) is 0.781. The van der Waals surface area contributed by atoms with Crippen molar-refractivity contribution in [1.29, 1.82) is 0 Å². The summed E-state index contributed by atoms with van der Waals surface area (Å²) >= 11 is 3.17. The Morgan fingerprint density at radius 2 is 2.39 bits per heavy atom. The molecule has 18 heavy (non-hydrogen) atoms. The highest BCUT2D eigenvalue weighted by Crippen LogP contribution is 2.14. The molecule has 0 bridgehead atoms. The van der Waals surface area contributed by atoms with Crippen LogP contribution >= 0.6 is 15.9 Å². The number of methoxy groups -OCH3 is 1. The number of hydrogen-bond acceptors (Lipinski definition) is 4. The maximum absolute atomic E-state index is 11.5. The van der Waals surface area contributed by atoms with Crippen molar-refractivity contribution in [2.24, 2.45) is 0 Å². The van der Waals surface area contributed by atoms with Crippen LogP contribution in [-0.4, -0.2) is 36.9 Å². The number of furan rings is 1. The molecule has 1 heterocycles. The van der Waals surface area contributed by atoms with E-state index in [1.165, 1.54) is 13.2 Å². The van der Waals surface area contributed by atoms with Gasteiger partial charge < -0.3 is 19.6 Å². The van der Waals surface area contributed by atoms with Crippen molar-refractivity contribution < 1.29 is 19.1 Å². The zero-order valence-electron chi connectivity index (χ0n) is 10.3. The van der Waals surface area contributed by atoms with Crippen molar-refractivity contribution >= 4 is 27.9 Å². The van der Waals surface area contributed by atoms with Gasteiger partial charge in [0.1, 0.15) is 11.4 Å². The van der Waals surface area contributed by atoms with E-state index >= 15 is 0 Å². The predicted molar refractivity (Wildman–Crippen MR) is 71.0 cm³/mol. The van der Waals surface area contributed by atoms with Gasteiger partial charge in [0.05, 0.1) is 6.61 Å². The first-order valence-electron chi connectivity index (χ1n) is 5.35. The van der Waals surface area contributed by atoms with Crippen molar-refractivity contribution in [2.75, 3.05) is 20.3 Å². The molecular weight excluding hydrogens is 302 g/mol. The van der Waals surface area contributed by atoms with Crippen molar-refractivity contribution in [3.63, 3.8) is 0 Å². The maximum Gasteiger partial charge on any atom is 0.244 e. The fourth-order valence-electron chi connectivity index (χ4n) is 1.27. The van der Waals surface area contributed by atoms with E-state index in [1.807, 2.05) is 0 Å². The standard InChI is InChI=1S/C12H16BrNO4/c1-12(16,8-17-2)7-14-11(15)6-4-9-3-5-10(13)18-9/h3-6,16H,7-8H2,1-2H3,(H,14,15)/b6-4+/t12-/m1/s1. The van der Waals surface area contributed by atoms with Gasteiger partial charge in [0.2, 0.25) is 5.91 Å². The fraction of sp³-hybridized carbons (Fsp3) is 0.417. The Bertz CT molecular complexity index is 425. The lowest BCUT2D eigenvalue weighted by molar-refractivity contribution is -0.118. The summed E-state index contributed by atoms with van der Waals surface area (Å²) in [5, 5.41) is 12.3. The summed E-state index contributed by atoms with van der Waals surface area (Å²) in [7, 11) is 1.49. The van der Waals surface area contributed by atoms with Gasteiger partial charge in [-0.1, -0.05) is 0 Å². The molecule has 0 spiro atoms. The molecule has 6 heteroatoms. The molecule has 1 rings (SSSR count). The topological polar surface area (TPSA) is 71.7 Å². The number of aliphatic hydroxyl groups is 1. The van der Waals surface area contributed by atoms with E-state index in [4.69, 9.17) is 9.15 Å². The molecule has 5 nitrogen and oxygen atoms in total. The third kappa shape index (κ3) is 5.48. The smallest absolute Gasteiger partial charge is 0.244 e. The zero-order chi connectivity index (χ0) is 13.6. The summed E-state index contributed by atoms with van der Waals surface area (Å²) in [6, 6.07) is 3.47. The molecule has 0 fully saturated rings. The van der Waals surface area contributed by atoms with Crippen LogP contribution in [0.1, 0.15) is 12.7 Å². The third-order valence-corrected chi connectivity index (χ3v) is 2.52. The molecule has 1 aromatic rings. The van der Waals surface area contributed by atoms with Crippen LogP contribution in [0.3, 0.4) is 0 Å². The Kier molecular flexibility index (Phi) is 5.58. The van der Waals surface area contributed by atoms with E-state index in [9.17, 15) is 9.90 Å². The van der Waals surface area contributed by atoms with Crippen LogP contribution in [0.25, 0.3) is 6.08 Å². The van der Waals surface area contributed by atoms with Crippen molar-refractivity contribution in [2.45, 2.75) is 12.5 Å². The Hall–Kier alpha value is -1.11. The Labute approximate surface area is 114 Å². The van der Waals surface area contributed by atoms with Gasteiger partial charge in [0.25, 0.3) is 0 Å². The lowest BCUT2D eigenvalue weighted by atomic mass is 10.1. The molecule has 0 aliphatic carbocycles. The molecule has 0 unspecified atom stereocenters. The van der Waals surface area contributed by atoms with E-state index in [-0.39, 0.29) is 19.1 Å². The number of carbonyl (C=O) groups excluding carboxylic acids is 1. The highest BCUT2D eigenvalue weighted by molar-refractivity contribution is 9.10. The van der Waals surface area contributed by atoms with Crippen LogP contribution in [0.2, 0.25) is 0 Å². The number of amides is 1. The molecule has 1 aromatic heterocycles. The lowest BCUT2D eigenvalue weighted by Gasteiger charge is -2.21. The van der Waals surface area contributed by atoms with Crippen LogP contribution in [0.5, 0.6) is 0 Å². The number of carbonyl (C=O) groups is 1. The predicted octanol–water partition coefficient (Wildman–Crippen LogP) is 1.57. The Morgan fingerprint density at radius 3 is 2.94 bits per heavy atom. The zero-order valence-corrected chi connectivity index (χ0v) is 11.9. The second kappa shape index (κ2) is 6.72. The first-order chi connectivity index (χ1) is 8.43. The van der Waals surface area contributed by atoms with Gasteiger partial charge in [-0.25, -0.2) is 0 Å². The first kappa shape index (κ1) is 14.9. The summed E-state index contributed by atoms with van der Waals surface area (Å²) in [5.41, 5.74) is -1.08. The van der Waals surface area contributed by atoms with Gasteiger partial charge in [0.15, 0.2) is 4.67 Å². The lowest BCUT2D eigenvalue weighted by Crippen LogP contribution is -2.43. The highest BCUT2D eigenvalue weighted by Gasteiger charge is 2.20. The molecule has 1 atom stereocenters. The van der Waals surface area contributed by atoms with E-state index in [0.29, 0.717) is 10.4 Å². The second-order valence-electron chi connectivity index (χ2n) is 4.12. The van der Waals surface area contributed by atoms with Gasteiger partial charge in [-0.15, -0.1) is 0 Å². The molecular formula is C12H16BrNO4. The van der Waals surface area contributed by atoms with E-state index in [0.717, 1.165) is 0 Å². The monoisotopic (exact) mass is 317 g/mol. The van der Waals surface area contributed by atoms with E-state index < -0.39 is 5.60 Å². The molecule has 0 radical (unpaired) electrons. The van der Waals surface area contributed by atoms with Crippen molar-refractivity contribution in [3.05, 3.63) is 28.6 Å². The minimum Gasteiger partial charge on any atom is -0.450 e. The fourth-order valence-corrected chi connectivity index (χ4v) is 1.59. The van der Waals surface area contributed by atoms with Gasteiger partial charge in [-0.05, 0) is 41.1 Å². The number of halogens is 1. The molecule has 2 N–H and O–H groups in total. The van der Waals surface area contributed by atoms with Gasteiger partial charge in [0, 0.05) is 19.7 Å². The summed E-state index contributed by atoms with van der Waals surface area (Å²) in [4.78, 5) is 11.5. The van der Waals surface area contributed by atoms with Crippen LogP contribution < -0.4 is 5.32 Å². The number of rotatable bonds is 6. The maximum atomic E-state index is 11.5. The molecule has 0 saturated carbocycles. The van der Waals surface area contributed by atoms with Gasteiger partial charge in [-0.3, -0.25) is 4.79 Å². The Balaban J connectivity index is 2.40. The van der Waals surface area contributed by atoms with Crippen LogP contribution in [0.4, 0.5) is 0 Å². The van der Waals surface area contributed by atoms with E-state index in [2.05, 4.69) is 21.2 Å². The average molecular weight is 318 g/mol. The number of ether oxygens (including phenoxy) is 1. The van der Waals surface area contributed by atoms with E-state index in [1.54, 1.807) is 25.1 Å². The van der Waals surface area contributed by atoms with Crippen LogP contribution in [0.15, 0.2) is 27.3 Å². The van der Waals surface area contributed by atoms with Gasteiger partial charge >= 0.3 is 0 Å². The number of hydrogen-bond donors (Lipinski definition) is 2. The minimum absolute atomic E-state index is 0.117. The van der Waals surface area contributed by atoms with Crippen molar-refractivity contribution in [1.82, 2.24) is 5.32 Å². The van der Waals surface area contributed by atoms with Crippen LogP contribution in [0, 0.1) is 0 Å². The van der Waals surface area contributed by atoms with Gasteiger partial charge in [-0.2, -0.15) is 0 Å². The SMILES string of the molecule is COC[C@](C)(O)CNC(=O)/C=C/c1ccc(Br)o1. The molecule has 1 amide bonds. The summed E-state index contributed by atoms with van der Waals surface area (Å²) in [6.45, 7) is 1.86. The van der Waals surface area contributed by atoms with Crippen LogP contribution in [-0.2, 0) is 9.53 Å². The summed E-state index contributed by atoms with van der Waals surface area (Å²) in [6.07, 6.45) is 2.89. The summed E-state index contributed by atoms with van der Waals surface area (Å²) < 4.78 is 10.6. The second-order valence-corrected chi connectivity index (χ2v) is 4.90. The average Bonchev–Trinajstić information content (AvgIpc) is 2.70. The molecule has 0 aliphatic heterocycles. The molecule has 100 valence electrons. The minimum atomic E-state index is -1.08. The Morgan fingerprint density at radius 1 is 1.67 bits per heavy atom. The normalized spacial score (nSPS) is 14.7. The highest BCUT2D eigenvalue weighted by atomic mass is 79.9. The number of nitrogens with one attached hydrogen (secondary N) is 1. The molecule has 0 aliphatic rings. The molecule has 0 aromatic carbocycles. The van der Waals surface area contributed by atoms with Crippen molar-refractivity contribution in [3.8, 4) is 0 Å². The first-order valence-corrected chi connectivity index (χ1v) is 6.15. The largest absolute Gasteiger partial charge is 0.450 e. The molecule has 0 saturated heterocycles. The summed E-state index contributed by atoms with van der Waals surface area (Å²) in [5.74, 6) is 0.263. The third-order valence-electron chi connectivity index (χ3n) is 2.09.